The average Bonchev–Trinajstić information content (AvgIpc) is 2.87. The molecule has 1 saturated carbocycles. The highest BCUT2D eigenvalue weighted by Crippen LogP contribution is 2.29. The van der Waals surface area contributed by atoms with E-state index in [0.717, 1.165) is 24.3 Å². The molecule has 1 N–H and O–H groups in total. The van der Waals surface area contributed by atoms with E-state index < -0.39 is 5.63 Å². The Kier molecular flexibility index (Phi) is 3.42. The van der Waals surface area contributed by atoms with E-state index in [1.807, 2.05) is 0 Å². The third kappa shape index (κ3) is 2.53. The van der Waals surface area contributed by atoms with Gasteiger partial charge in [-0.3, -0.25) is 4.79 Å². The Morgan fingerprint density at radius 1 is 1.35 bits per heavy atom. The molecule has 2 heterocycles. The fraction of sp³-hybridized carbons (Fsp3) is 0.533. The fourth-order valence-electron chi connectivity index (χ4n) is 3.11. The average molecular weight is 274 g/mol. The summed E-state index contributed by atoms with van der Waals surface area (Å²) in [5.74, 6) is 1.17. The second kappa shape index (κ2) is 5.23. The van der Waals surface area contributed by atoms with Crippen molar-refractivity contribution in [3.8, 4) is 0 Å². The largest absolute Gasteiger partial charge is 0.403 e. The maximum absolute atomic E-state index is 12.1. The molecular weight excluding hydrogens is 256 g/mol. The van der Waals surface area contributed by atoms with E-state index in [9.17, 15) is 9.59 Å². The van der Waals surface area contributed by atoms with Crippen LogP contribution >= 0.6 is 0 Å². The van der Waals surface area contributed by atoms with Crippen molar-refractivity contribution in [3.05, 3.63) is 38.2 Å². The summed E-state index contributed by atoms with van der Waals surface area (Å²) in [6.07, 6.45) is 6.86. The van der Waals surface area contributed by atoms with Crippen LogP contribution in [0.25, 0.3) is 11.1 Å². The standard InChI is InChI=1S/C15H18N2O3/c1-9-16-14(19)13-11(7-6-10-4-2-3-5-10)8-12(18)20-15(13)17-9/h8,10H,2-7H2,1H3,(H,16,17,19). The van der Waals surface area contributed by atoms with Gasteiger partial charge >= 0.3 is 5.63 Å². The zero-order valence-corrected chi connectivity index (χ0v) is 11.6. The van der Waals surface area contributed by atoms with Gasteiger partial charge in [0.1, 0.15) is 11.2 Å². The van der Waals surface area contributed by atoms with Crippen LogP contribution in [0.3, 0.4) is 0 Å². The van der Waals surface area contributed by atoms with Gasteiger partial charge in [0, 0.05) is 6.07 Å². The van der Waals surface area contributed by atoms with Gasteiger partial charge in [0.15, 0.2) is 0 Å². The summed E-state index contributed by atoms with van der Waals surface area (Å²) < 4.78 is 5.05. The highest BCUT2D eigenvalue weighted by Gasteiger charge is 2.17. The molecule has 106 valence electrons. The first-order chi connectivity index (χ1) is 9.63. The molecule has 1 fully saturated rings. The molecule has 20 heavy (non-hydrogen) atoms. The van der Waals surface area contributed by atoms with Crippen molar-refractivity contribution in [2.75, 3.05) is 0 Å². The summed E-state index contributed by atoms with van der Waals surface area (Å²) in [5.41, 5.74) is 0.256. The van der Waals surface area contributed by atoms with E-state index in [2.05, 4.69) is 9.97 Å². The molecule has 0 amide bonds. The number of nitrogens with zero attached hydrogens (tertiary/aromatic N) is 1. The molecule has 0 spiro atoms. The van der Waals surface area contributed by atoms with E-state index in [1.165, 1.54) is 31.7 Å². The van der Waals surface area contributed by atoms with Crippen LogP contribution < -0.4 is 11.2 Å². The van der Waals surface area contributed by atoms with Crippen molar-refractivity contribution in [2.24, 2.45) is 5.92 Å². The summed E-state index contributed by atoms with van der Waals surface area (Å²) >= 11 is 0. The second-order valence-corrected chi connectivity index (χ2v) is 5.61. The van der Waals surface area contributed by atoms with E-state index in [4.69, 9.17) is 4.42 Å². The van der Waals surface area contributed by atoms with Gasteiger partial charge in [-0.2, -0.15) is 4.98 Å². The van der Waals surface area contributed by atoms with Gasteiger partial charge < -0.3 is 9.40 Å². The lowest BCUT2D eigenvalue weighted by Crippen LogP contribution is -2.15. The number of aryl methyl sites for hydroxylation is 2. The normalized spacial score (nSPS) is 16.1. The van der Waals surface area contributed by atoms with Crippen LogP contribution in [0.5, 0.6) is 0 Å². The van der Waals surface area contributed by atoms with E-state index in [1.54, 1.807) is 6.92 Å². The minimum atomic E-state index is -0.434. The van der Waals surface area contributed by atoms with Crippen LogP contribution in [0.2, 0.25) is 0 Å². The molecule has 2 aromatic heterocycles. The summed E-state index contributed by atoms with van der Waals surface area (Å²) in [7, 11) is 0. The molecule has 1 aliphatic carbocycles. The monoisotopic (exact) mass is 274 g/mol. The highest BCUT2D eigenvalue weighted by molar-refractivity contribution is 5.75. The van der Waals surface area contributed by atoms with E-state index in [0.29, 0.717) is 11.2 Å². The minimum Gasteiger partial charge on any atom is -0.403 e. The molecule has 2 aromatic rings. The lowest BCUT2D eigenvalue weighted by molar-refractivity contribution is 0.500. The SMILES string of the molecule is Cc1nc2oc(=O)cc(CCC3CCCC3)c2c(=O)[nH]1. The maximum Gasteiger partial charge on any atom is 0.337 e. The molecular formula is C15H18N2O3. The number of hydrogen-bond donors (Lipinski definition) is 1. The van der Waals surface area contributed by atoms with Crippen LogP contribution in [0.15, 0.2) is 20.1 Å². The zero-order chi connectivity index (χ0) is 14.1. The summed E-state index contributed by atoms with van der Waals surface area (Å²) in [6, 6.07) is 1.43. The third-order valence-corrected chi connectivity index (χ3v) is 4.11. The smallest absolute Gasteiger partial charge is 0.337 e. The van der Waals surface area contributed by atoms with Crippen LogP contribution in [0.4, 0.5) is 0 Å². The Balaban J connectivity index is 2.00. The molecule has 5 nitrogen and oxygen atoms in total. The van der Waals surface area contributed by atoms with Crippen LogP contribution in [0, 0.1) is 12.8 Å². The second-order valence-electron chi connectivity index (χ2n) is 5.61. The number of H-pyrrole nitrogens is 1. The lowest BCUT2D eigenvalue weighted by Gasteiger charge is -2.09. The molecule has 3 rings (SSSR count). The summed E-state index contributed by atoms with van der Waals surface area (Å²) in [6.45, 7) is 1.67. The quantitative estimate of drug-likeness (QED) is 0.931. The molecule has 0 unspecified atom stereocenters. The number of hydrogen-bond acceptors (Lipinski definition) is 4. The molecule has 0 radical (unpaired) electrons. The predicted octanol–water partition coefficient (Wildman–Crippen LogP) is 2.31. The lowest BCUT2D eigenvalue weighted by atomic mass is 9.97. The molecule has 0 saturated heterocycles. The molecule has 0 atom stereocenters. The van der Waals surface area contributed by atoms with Gasteiger partial charge in [-0.15, -0.1) is 0 Å². The molecule has 5 heteroatoms. The van der Waals surface area contributed by atoms with Gasteiger partial charge in [0.05, 0.1) is 0 Å². The Hall–Kier alpha value is -1.91. The van der Waals surface area contributed by atoms with Crippen LogP contribution in [-0.2, 0) is 6.42 Å². The highest BCUT2D eigenvalue weighted by atomic mass is 16.4. The van der Waals surface area contributed by atoms with Crippen LogP contribution in [-0.4, -0.2) is 9.97 Å². The van der Waals surface area contributed by atoms with Crippen molar-refractivity contribution in [3.63, 3.8) is 0 Å². The molecule has 0 aliphatic heterocycles. The van der Waals surface area contributed by atoms with Crippen molar-refractivity contribution < 1.29 is 4.42 Å². The number of nitrogens with one attached hydrogen (secondary N) is 1. The first kappa shape index (κ1) is 13.1. The van der Waals surface area contributed by atoms with Crippen molar-refractivity contribution in [2.45, 2.75) is 45.4 Å². The van der Waals surface area contributed by atoms with Gasteiger partial charge in [0.25, 0.3) is 5.56 Å². The maximum atomic E-state index is 12.1. The minimum absolute atomic E-state index is 0.153. The summed E-state index contributed by atoms with van der Waals surface area (Å²) in [5, 5.41) is 0.424. The zero-order valence-electron chi connectivity index (χ0n) is 11.6. The van der Waals surface area contributed by atoms with Crippen molar-refractivity contribution in [1.82, 2.24) is 9.97 Å². The van der Waals surface area contributed by atoms with Crippen molar-refractivity contribution in [1.29, 1.82) is 0 Å². The first-order valence-electron chi connectivity index (χ1n) is 7.17. The molecule has 0 aromatic carbocycles. The van der Waals surface area contributed by atoms with E-state index in [-0.39, 0.29) is 11.3 Å². The number of aromatic amines is 1. The first-order valence-corrected chi connectivity index (χ1v) is 7.17. The Morgan fingerprint density at radius 2 is 2.10 bits per heavy atom. The van der Waals surface area contributed by atoms with Gasteiger partial charge in [0.2, 0.25) is 5.71 Å². The third-order valence-electron chi connectivity index (χ3n) is 4.11. The molecule has 0 bridgehead atoms. The number of rotatable bonds is 3. The Labute approximate surface area is 116 Å². The Bertz CT molecular complexity index is 739. The molecule has 1 aliphatic rings. The topological polar surface area (TPSA) is 76.0 Å². The Morgan fingerprint density at radius 3 is 2.85 bits per heavy atom. The predicted molar refractivity (Wildman–Crippen MR) is 75.9 cm³/mol. The number of fused-ring (bicyclic) bond motifs is 1. The van der Waals surface area contributed by atoms with Gasteiger partial charge in [-0.25, -0.2) is 4.79 Å². The number of aromatic nitrogens is 2. The summed E-state index contributed by atoms with van der Waals surface area (Å²) in [4.78, 5) is 30.5. The van der Waals surface area contributed by atoms with Crippen LogP contribution in [0.1, 0.15) is 43.5 Å². The van der Waals surface area contributed by atoms with Gasteiger partial charge in [-0.1, -0.05) is 25.7 Å². The fourth-order valence-corrected chi connectivity index (χ4v) is 3.11. The van der Waals surface area contributed by atoms with Crippen molar-refractivity contribution >= 4 is 11.1 Å². The van der Waals surface area contributed by atoms with E-state index >= 15 is 0 Å². The van der Waals surface area contributed by atoms with Gasteiger partial charge in [-0.05, 0) is 31.2 Å².